The molecule has 2 aromatic carbocycles. The molecular formula is C26H28O15. The molecule has 1 aromatic heterocycles. The van der Waals surface area contributed by atoms with Gasteiger partial charge in [0, 0.05) is 17.7 Å². The molecule has 9 N–H and O–H groups in total. The average Bonchev–Trinajstić information content (AvgIpc) is 2.93. The van der Waals surface area contributed by atoms with Crippen molar-refractivity contribution >= 4 is 11.0 Å². The number of aliphatic hydroxyl groups is 6. The van der Waals surface area contributed by atoms with Gasteiger partial charge in [-0.1, -0.05) is 0 Å². The van der Waals surface area contributed by atoms with Crippen molar-refractivity contribution in [1.29, 1.82) is 0 Å². The van der Waals surface area contributed by atoms with E-state index >= 15 is 0 Å². The lowest BCUT2D eigenvalue weighted by molar-refractivity contribution is -0.345. The van der Waals surface area contributed by atoms with Crippen LogP contribution in [0.5, 0.6) is 23.0 Å². The number of hydrogen-bond acceptors (Lipinski definition) is 15. The molecule has 0 radical (unpaired) electrons. The lowest BCUT2D eigenvalue weighted by Crippen LogP contribution is -2.64. The van der Waals surface area contributed by atoms with Crippen LogP contribution in [0.15, 0.2) is 45.6 Å². The maximum atomic E-state index is 13.7. The minimum atomic E-state index is -1.86. The van der Waals surface area contributed by atoms with Gasteiger partial charge in [0.1, 0.15) is 64.8 Å². The highest BCUT2D eigenvalue weighted by Crippen LogP contribution is 2.38. The van der Waals surface area contributed by atoms with Gasteiger partial charge in [0.15, 0.2) is 18.2 Å². The fourth-order valence-corrected chi connectivity index (χ4v) is 4.64. The Hall–Kier alpha value is -3.51. The molecule has 3 heterocycles. The van der Waals surface area contributed by atoms with Gasteiger partial charge < -0.3 is 69.3 Å². The maximum Gasteiger partial charge on any atom is 0.239 e. The lowest BCUT2D eigenvalue weighted by atomic mass is 9.98. The molecule has 41 heavy (non-hydrogen) atoms. The van der Waals surface area contributed by atoms with Crippen molar-refractivity contribution in [2.24, 2.45) is 0 Å². The van der Waals surface area contributed by atoms with Gasteiger partial charge in [-0.05, 0) is 24.3 Å². The molecular weight excluding hydrogens is 552 g/mol. The molecule has 0 aliphatic carbocycles. The third-order valence-electron chi connectivity index (χ3n) is 6.85. The Morgan fingerprint density at radius 1 is 0.854 bits per heavy atom. The Balaban J connectivity index is 1.60. The highest BCUT2D eigenvalue weighted by atomic mass is 16.8. The van der Waals surface area contributed by atoms with Gasteiger partial charge in [-0.3, -0.25) is 4.79 Å². The van der Waals surface area contributed by atoms with Crippen LogP contribution in [0, 0.1) is 0 Å². The van der Waals surface area contributed by atoms with Crippen LogP contribution in [0.25, 0.3) is 22.3 Å². The van der Waals surface area contributed by atoms with Gasteiger partial charge in [-0.25, -0.2) is 0 Å². The van der Waals surface area contributed by atoms with Crippen molar-refractivity contribution in [3.63, 3.8) is 0 Å². The van der Waals surface area contributed by atoms with E-state index in [0.29, 0.717) is 0 Å². The van der Waals surface area contributed by atoms with Crippen molar-refractivity contribution in [1.82, 2.24) is 0 Å². The molecule has 222 valence electrons. The fourth-order valence-electron chi connectivity index (χ4n) is 4.64. The van der Waals surface area contributed by atoms with E-state index in [9.17, 15) is 50.8 Å². The largest absolute Gasteiger partial charge is 0.508 e. The second kappa shape index (κ2) is 11.4. The lowest BCUT2D eigenvalue weighted by Gasteiger charge is -2.44. The molecule has 2 aliphatic rings. The molecule has 2 fully saturated rings. The van der Waals surface area contributed by atoms with Crippen LogP contribution < -0.4 is 10.2 Å². The Kier molecular flexibility index (Phi) is 8.06. The minimum Gasteiger partial charge on any atom is -0.508 e. The summed E-state index contributed by atoms with van der Waals surface area (Å²) in [7, 11) is 0. The molecule has 15 heteroatoms. The Labute approximate surface area is 230 Å². The number of aromatic hydroxyl groups is 3. The smallest absolute Gasteiger partial charge is 0.239 e. The summed E-state index contributed by atoms with van der Waals surface area (Å²) in [6.07, 6.45) is -15.1. The first kappa shape index (κ1) is 29.0. The molecule has 3 aromatic rings. The van der Waals surface area contributed by atoms with Crippen molar-refractivity contribution in [3.05, 3.63) is 46.6 Å². The number of benzene rings is 2. The zero-order valence-corrected chi connectivity index (χ0v) is 21.0. The van der Waals surface area contributed by atoms with Gasteiger partial charge in [0.05, 0.1) is 13.2 Å². The van der Waals surface area contributed by atoms with Crippen LogP contribution in [-0.4, -0.2) is 114 Å². The first-order valence-electron chi connectivity index (χ1n) is 12.4. The number of phenolic OH excluding ortho intramolecular Hbond substituents is 3. The standard InChI is InChI=1S/C26H28O15/c27-7-15-18(33)20(35)24(41-25-21(36)17(32)13(31)8-37-25)26(39-15)40-23-19(34)16-12(30)5-11(29)6-14(16)38-22(23)9-1-3-10(28)4-2-9/h1-6,13,15,17-18,20-21,24-33,35-36H,7-8H2/t13-,15-,17+,18-,20+,21-,24-,25+,26+/m1/s1. The molecule has 0 spiro atoms. The van der Waals surface area contributed by atoms with E-state index in [0.717, 1.165) is 12.1 Å². The zero-order valence-electron chi connectivity index (χ0n) is 21.0. The second-order valence-corrected chi connectivity index (χ2v) is 9.65. The normalized spacial score (nSPS) is 32.2. The Morgan fingerprint density at radius 2 is 1.56 bits per heavy atom. The second-order valence-electron chi connectivity index (χ2n) is 9.65. The summed E-state index contributed by atoms with van der Waals surface area (Å²) >= 11 is 0. The monoisotopic (exact) mass is 580 g/mol. The molecule has 0 amide bonds. The van der Waals surface area contributed by atoms with E-state index in [1.54, 1.807) is 0 Å². The van der Waals surface area contributed by atoms with Crippen LogP contribution in [-0.2, 0) is 14.2 Å². The molecule has 2 saturated heterocycles. The molecule has 0 unspecified atom stereocenters. The number of hydrogen-bond donors (Lipinski definition) is 9. The molecule has 9 atom stereocenters. The first-order valence-corrected chi connectivity index (χ1v) is 12.4. The predicted molar refractivity (Wildman–Crippen MR) is 134 cm³/mol. The minimum absolute atomic E-state index is 0.111. The highest BCUT2D eigenvalue weighted by molar-refractivity contribution is 5.88. The topological polar surface area (TPSA) is 249 Å². The van der Waals surface area contributed by atoms with Crippen molar-refractivity contribution < 1.29 is 69.3 Å². The third-order valence-corrected chi connectivity index (χ3v) is 6.85. The SMILES string of the molecule is O=c1c(O[C@@H]2O[C@H](CO)[C@@H](O)[C@H](O)[C@H]2O[C@@H]2OC[C@@H](O)[C@H](O)[C@H]2O)c(-c2ccc(O)cc2)oc2cc(O)cc(O)c12. The van der Waals surface area contributed by atoms with Crippen LogP contribution >= 0.6 is 0 Å². The van der Waals surface area contributed by atoms with Crippen molar-refractivity contribution in [2.45, 2.75) is 55.3 Å². The summed E-state index contributed by atoms with van der Waals surface area (Å²) < 4.78 is 28.1. The van der Waals surface area contributed by atoms with Crippen LogP contribution in [0.2, 0.25) is 0 Å². The van der Waals surface area contributed by atoms with E-state index < -0.39 is 96.6 Å². The van der Waals surface area contributed by atoms with Crippen molar-refractivity contribution in [2.75, 3.05) is 13.2 Å². The van der Waals surface area contributed by atoms with Crippen LogP contribution in [0.1, 0.15) is 0 Å². The summed E-state index contributed by atoms with van der Waals surface area (Å²) in [4.78, 5) is 13.7. The van der Waals surface area contributed by atoms with Crippen LogP contribution in [0.4, 0.5) is 0 Å². The van der Waals surface area contributed by atoms with Gasteiger partial charge in [0.2, 0.25) is 17.5 Å². The highest BCUT2D eigenvalue weighted by Gasteiger charge is 2.50. The van der Waals surface area contributed by atoms with Gasteiger partial charge >= 0.3 is 0 Å². The van der Waals surface area contributed by atoms with Gasteiger partial charge in [-0.2, -0.15) is 0 Å². The van der Waals surface area contributed by atoms with E-state index in [1.165, 1.54) is 24.3 Å². The third kappa shape index (κ3) is 5.42. The van der Waals surface area contributed by atoms with Crippen LogP contribution in [0.3, 0.4) is 0 Å². The van der Waals surface area contributed by atoms with Gasteiger partial charge in [-0.15, -0.1) is 0 Å². The maximum absolute atomic E-state index is 13.7. The van der Waals surface area contributed by atoms with E-state index in [4.69, 9.17) is 23.4 Å². The number of rotatable bonds is 6. The zero-order chi connectivity index (χ0) is 29.6. The Bertz CT molecular complexity index is 1440. The van der Waals surface area contributed by atoms with E-state index in [-0.39, 0.29) is 22.7 Å². The van der Waals surface area contributed by atoms with E-state index in [2.05, 4.69) is 0 Å². The molecule has 2 aliphatic heterocycles. The van der Waals surface area contributed by atoms with Crippen molar-refractivity contribution in [3.8, 4) is 34.3 Å². The van der Waals surface area contributed by atoms with E-state index in [1.807, 2.05) is 0 Å². The summed E-state index contributed by atoms with van der Waals surface area (Å²) in [6.45, 7) is -1.25. The predicted octanol–water partition coefficient (Wildman–Crippen LogP) is -1.78. The average molecular weight is 580 g/mol. The molecule has 5 rings (SSSR count). The molecule has 15 nitrogen and oxygen atoms in total. The number of aliphatic hydroxyl groups excluding tert-OH is 6. The molecule has 0 saturated carbocycles. The summed E-state index contributed by atoms with van der Waals surface area (Å²) in [5, 5.41) is 90.8. The first-order chi connectivity index (χ1) is 19.5. The quantitative estimate of drug-likeness (QED) is 0.156. The summed E-state index contributed by atoms with van der Waals surface area (Å²) in [6, 6.07) is 7.30. The number of ether oxygens (including phenoxy) is 4. The molecule has 0 bridgehead atoms. The summed E-state index contributed by atoms with van der Waals surface area (Å²) in [5.41, 5.74) is -0.992. The van der Waals surface area contributed by atoms with Gasteiger partial charge in [0.25, 0.3) is 0 Å². The number of fused-ring (bicyclic) bond motifs is 1. The Morgan fingerprint density at radius 3 is 2.24 bits per heavy atom. The summed E-state index contributed by atoms with van der Waals surface area (Å²) in [5.74, 6) is -2.02. The number of phenols is 3. The fraction of sp³-hybridized carbons (Fsp3) is 0.423.